The van der Waals surface area contributed by atoms with Gasteiger partial charge in [-0.25, -0.2) is 0 Å². The zero-order valence-electron chi connectivity index (χ0n) is 19.4. The fraction of sp³-hybridized carbons (Fsp3) is 0.519. The van der Waals surface area contributed by atoms with Gasteiger partial charge in [0.25, 0.3) is 5.91 Å². The average Bonchev–Trinajstić information content (AvgIpc) is 3.48. The summed E-state index contributed by atoms with van der Waals surface area (Å²) in [6.45, 7) is 3.72. The molecule has 1 atom stereocenters. The first-order valence-corrected chi connectivity index (χ1v) is 12.3. The summed E-state index contributed by atoms with van der Waals surface area (Å²) in [7, 11) is 0. The number of nitrogens with zero attached hydrogens (tertiary/aromatic N) is 1. The summed E-state index contributed by atoms with van der Waals surface area (Å²) < 4.78 is 11.9. The van der Waals surface area contributed by atoms with Crippen molar-refractivity contribution in [3.05, 3.63) is 53.6 Å². The van der Waals surface area contributed by atoms with E-state index in [4.69, 9.17) is 9.47 Å². The summed E-state index contributed by atoms with van der Waals surface area (Å²) in [5.41, 5.74) is 2.50. The fourth-order valence-electron chi connectivity index (χ4n) is 4.96. The van der Waals surface area contributed by atoms with E-state index in [2.05, 4.69) is 17.4 Å². The predicted molar refractivity (Wildman–Crippen MR) is 128 cm³/mol. The van der Waals surface area contributed by atoms with E-state index in [1.54, 1.807) is 4.90 Å². The van der Waals surface area contributed by atoms with Gasteiger partial charge >= 0.3 is 0 Å². The van der Waals surface area contributed by atoms with Crippen LogP contribution in [0.25, 0.3) is 0 Å². The van der Waals surface area contributed by atoms with Crippen molar-refractivity contribution in [1.29, 1.82) is 0 Å². The van der Waals surface area contributed by atoms with E-state index in [9.17, 15) is 9.90 Å². The molecular weight excluding hydrogens is 416 g/mol. The van der Waals surface area contributed by atoms with E-state index in [0.717, 1.165) is 48.4 Å². The van der Waals surface area contributed by atoms with Crippen LogP contribution in [0.2, 0.25) is 0 Å². The first-order chi connectivity index (χ1) is 16.0. The van der Waals surface area contributed by atoms with Gasteiger partial charge < -0.3 is 19.5 Å². The number of hydrogen-bond acceptors (Lipinski definition) is 5. The smallest absolute Gasteiger partial charge is 0.268 e. The maximum atomic E-state index is 13.0. The Bertz CT molecular complexity index is 980. The third-order valence-electron chi connectivity index (χ3n) is 7.08. The Balaban J connectivity index is 1.14. The number of aryl methyl sites for hydroxylation is 1. The molecule has 2 aliphatic carbocycles. The van der Waals surface area contributed by atoms with Crippen LogP contribution in [0.1, 0.15) is 62.0 Å². The Morgan fingerprint density at radius 3 is 2.55 bits per heavy atom. The van der Waals surface area contributed by atoms with Crippen LogP contribution in [-0.4, -0.2) is 42.5 Å². The molecule has 1 aliphatic heterocycles. The molecule has 2 aromatic rings. The van der Waals surface area contributed by atoms with Gasteiger partial charge in [0.05, 0.1) is 0 Å². The van der Waals surface area contributed by atoms with Gasteiger partial charge in [0.1, 0.15) is 23.8 Å². The average molecular weight is 451 g/mol. The lowest BCUT2D eigenvalue weighted by atomic mass is 10.1. The van der Waals surface area contributed by atoms with Gasteiger partial charge in [-0.3, -0.25) is 10.1 Å². The number of anilines is 1. The minimum atomic E-state index is -0.726. The predicted octanol–water partition coefficient (Wildman–Crippen LogP) is 4.29. The normalized spacial score (nSPS) is 22.1. The van der Waals surface area contributed by atoms with Crippen molar-refractivity contribution in [2.75, 3.05) is 24.6 Å². The lowest BCUT2D eigenvalue weighted by Crippen LogP contribution is -2.44. The summed E-state index contributed by atoms with van der Waals surface area (Å²) in [6, 6.07) is 14.1. The maximum Gasteiger partial charge on any atom is 0.268 e. The second-order valence-electron chi connectivity index (χ2n) is 9.69. The van der Waals surface area contributed by atoms with Crippen molar-refractivity contribution < 1.29 is 19.4 Å². The molecule has 2 aromatic carbocycles. The Labute approximate surface area is 195 Å². The molecule has 5 rings (SSSR count). The van der Waals surface area contributed by atoms with Gasteiger partial charge in [0.2, 0.25) is 0 Å². The number of rotatable bonds is 9. The molecule has 0 spiro atoms. The van der Waals surface area contributed by atoms with Crippen molar-refractivity contribution in [3.63, 3.8) is 0 Å². The van der Waals surface area contributed by atoms with Crippen LogP contribution < -0.4 is 19.7 Å². The molecule has 0 radical (unpaired) electrons. The van der Waals surface area contributed by atoms with Crippen LogP contribution in [-0.2, 0) is 4.79 Å². The molecule has 176 valence electrons. The third kappa shape index (κ3) is 5.17. The quantitative estimate of drug-likeness (QED) is 0.441. The van der Waals surface area contributed by atoms with Gasteiger partial charge in [0, 0.05) is 25.2 Å². The molecule has 3 fully saturated rings. The largest absolute Gasteiger partial charge is 0.492 e. The second kappa shape index (κ2) is 9.35. The highest BCUT2D eigenvalue weighted by molar-refractivity contribution is 5.99. The number of benzene rings is 2. The Hall–Kier alpha value is -2.57. The molecule has 2 N–H and O–H groups in total. The standard InChI is InChI=1S/C27H34N2O4/c1-19-18-22(8-11-24(19)32-17-15-28-27(31)13-2-3-14-27)29-16-12-25(26(29)30)33-23-9-6-21(7-10-23)20-4-5-20/h6-11,18,20,25,28,31H,2-5,12-17H2,1H3/t25-/m0/s1. The molecular formula is C27H34N2O4. The SMILES string of the molecule is Cc1cc(N2CC[C@H](Oc3ccc(C4CC4)cc3)C2=O)ccc1OCCNC1(O)CCCC1. The minimum Gasteiger partial charge on any atom is -0.492 e. The molecule has 0 unspecified atom stereocenters. The van der Waals surface area contributed by atoms with Crippen molar-refractivity contribution >= 4 is 11.6 Å². The summed E-state index contributed by atoms with van der Waals surface area (Å²) in [4.78, 5) is 14.8. The highest BCUT2D eigenvalue weighted by Gasteiger charge is 2.35. The van der Waals surface area contributed by atoms with Crippen LogP contribution >= 0.6 is 0 Å². The molecule has 33 heavy (non-hydrogen) atoms. The fourth-order valence-corrected chi connectivity index (χ4v) is 4.96. The minimum absolute atomic E-state index is 0.00310. The zero-order valence-corrected chi connectivity index (χ0v) is 19.4. The molecule has 3 aliphatic rings. The van der Waals surface area contributed by atoms with E-state index >= 15 is 0 Å². The topological polar surface area (TPSA) is 71.0 Å². The molecule has 6 heteroatoms. The van der Waals surface area contributed by atoms with Crippen LogP contribution in [0.4, 0.5) is 5.69 Å². The van der Waals surface area contributed by atoms with Crippen molar-refractivity contribution in [2.45, 2.75) is 69.6 Å². The first kappa shape index (κ1) is 22.2. The van der Waals surface area contributed by atoms with Gasteiger partial charge in [-0.15, -0.1) is 0 Å². The summed E-state index contributed by atoms with van der Waals surface area (Å²) in [5, 5.41) is 13.6. The van der Waals surface area contributed by atoms with Crippen LogP contribution in [0.15, 0.2) is 42.5 Å². The molecule has 6 nitrogen and oxygen atoms in total. The molecule has 0 aromatic heterocycles. The Kier molecular flexibility index (Phi) is 6.30. The number of amides is 1. The maximum absolute atomic E-state index is 13.0. The second-order valence-corrected chi connectivity index (χ2v) is 9.69. The molecule has 1 amide bonds. The van der Waals surface area contributed by atoms with Crippen molar-refractivity contribution in [3.8, 4) is 11.5 Å². The van der Waals surface area contributed by atoms with Gasteiger partial charge in [-0.1, -0.05) is 12.1 Å². The van der Waals surface area contributed by atoms with E-state index in [1.165, 1.54) is 18.4 Å². The molecule has 2 saturated carbocycles. The highest BCUT2D eigenvalue weighted by atomic mass is 16.5. The number of ether oxygens (including phenoxy) is 2. The monoisotopic (exact) mass is 450 g/mol. The lowest BCUT2D eigenvalue weighted by Gasteiger charge is -2.24. The third-order valence-corrected chi connectivity index (χ3v) is 7.08. The number of carbonyl (C=O) groups is 1. The van der Waals surface area contributed by atoms with E-state index in [1.807, 2.05) is 37.3 Å². The molecule has 1 heterocycles. The first-order valence-electron chi connectivity index (χ1n) is 12.3. The lowest BCUT2D eigenvalue weighted by molar-refractivity contribution is -0.122. The van der Waals surface area contributed by atoms with Crippen molar-refractivity contribution in [1.82, 2.24) is 5.32 Å². The summed E-state index contributed by atoms with van der Waals surface area (Å²) >= 11 is 0. The van der Waals surface area contributed by atoms with E-state index < -0.39 is 11.8 Å². The number of hydrogen-bond donors (Lipinski definition) is 2. The molecule has 1 saturated heterocycles. The Morgan fingerprint density at radius 2 is 1.85 bits per heavy atom. The van der Waals surface area contributed by atoms with Crippen LogP contribution in [0.3, 0.4) is 0 Å². The van der Waals surface area contributed by atoms with Crippen LogP contribution in [0.5, 0.6) is 11.5 Å². The van der Waals surface area contributed by atoms with E-state index in [0.29, 0.717) is 32.0 Å². The van der Waals surface area contributed by atoms with Gasteiger partial charge in [-0.05, 0) is 92.8 Å². The van der Waals surface area contributed by atoms with Gasteiger partial charge in [-0.2, -0.15) is 0 Å². The summed E-state index contributed by atoms with van der Waals surface area (Å²) in [5.74, 6) is 2.28. The van der Waals surface area contributed by atoms with Crippen molar-refractivity contribution in [2.24, 2.45) is 0 Å². The Morgan fingerprint density at radius 1 is 1.09 bits per heavy atom. The highest BCUT2D eigenvalue weighted by Crippen LogP contribution is 2.40. The zero-order chi connectivity index (χ0) is 22.8. The number of carbonyl (C=O) groups excluding carboxylic acids is 1. The van der Waals surface area contributed by atoms with Gasteiger partial charge in [0.15, 0.2) is 6.10 Å². The number of nitrogens with one attached hydrogen (secondary N) is 1. The number of aliphatic hydroxyl groups is 1. The summed E-state index contributed by atoms with van der Waals surface area (Å²) in [6.07, 6.45) is 6.54. The molecule has 0 bridgehead atoms. The van der Waals surface area contributed by atoms with Crippen LogP contribution in [0, 0.1) is 6.92 Å². The van der Waals surface area contributed by atoms with E-state index in [-0.39, 0.29) is 5.91 Å².